The molecule has 0 amide bonds. The summed E-state index contributed by atoms with van der Waals surface area (Å²) in [5.41, 5.74) is -0.146. The molecular weight excluding hydrogens is 212 g/mol. The first kappa shape index (κ1) is 14.0. The second-order valence-corrected chi connectivity index (χ2v) is 2.53. The lowest BCUT2D eigenvalue weighted by atomic mass is 10.1. The van der Waals surface area contributed by atoms with E-state index < -0.39 is 17.7 Å². The first-order chi connectivity index (χ1) is 7.56. The van der Waals surface area contributed by atoms with Gasteiger partial charge in [-0.25, -0.2) is 9.59 Å². The maximum absolute atomic E-state index is 11.0. The number of carbonyl (C=O) groups is 2. The van der Waals surface area contributed by atoms with Crippen molar-refractivity contribution >= 4 is 11.9 Å². The molecule has 0 aromatic heterocycles. The minimum atomic E-state index is -1.25. The fourth-order valence-corrected chi connectivity index (χ4v) is 0.957. The SMILES string of the molecule is CC.COC(=O)c1ccc(C(=O)O)c(O)c1. The highest BCUT2D eigenvalue weighted by molar-refractivity contribution is 5.95. The smallest absolute Gasteiger partial charge is 0.339 e. The van der Waals surface area contributed by atoms with Crippen LogP contribution in [0.5, 0.6) is 5.75 Å². The molecule has 0 aliphatic rings. The zero-order valence-electron chi connectivity index (χ0n) is 9.35. The minimum Gasteiger partial charge on any atom is -0.507 e. The van der Waals surface area contributed by atoms with Crippen molar-refractivity contribution in [2.45, 2.75) is 13.8 Å². The maximum Gasteiger partial charge on any atom is 0.339 e. The fraction of sp³-hybridized carbons (Fsp3) is 0.273. The molecule has 0 bridgehead atoms. The summed E-state index contributed by atoms with van der Waals surface area (Å²) in [6.45, 7) is 4.00. The highest BCUT2D eigenvalue weighted by Crippen LogP contribution is 2.19. The van der Waals surface area contributed by atoms with Crippen LogP contribution >= 0.6 is 0 Å². The molecule has 16 heavy (non-hydrogen) atoms. The van der Waals surface area contributed by atoms with Crippen LogP contribution in [0.1, 0.15) is 34.6 Å². The highest BCUT2D eigenvalue weighted by atomic mass is 16.5. The number of carbonyl (C=O) groups excluding carboxylic acids is 1. The first-order valence-corrected chi connectivity index (χ1v) is 4.71. The van der Waals surface area contributed by atoms with Crippen molar-refractivity contribution < 1.29 is 24.5 Å². The van der Waals surface area contributed by atoms with Gasteiger partial charge in [0.05, 0.1) is 12.7 Å². The summed E-state index contributed by atoms with van der Waals surface area (Å²) in [5, 5.41) is 17.8. The molecule has 0 fully saturated rings. The Bertz CT molecular complexity index is 384. The van der Waals surface area contributed by atoms with E-state index in [0.29, 0.717) is 0 Å². The Morgan fingerprint density at radius 1 is 1.25 bits per heavy atom. The lowest BCUT2D eigenvalue weighted by Crippen LogP contribution is -2.03. The van der Waals surface area contributed by atoms with Crippen LogP contribution in [0.25, 0.3) is 0 Å². The van der Waals surface area contributed by atoms with Gasteiger partial charge in [-0.1, -0.05) is 13.8 Å². The Morgan fingerprint density at radius 2 is 1.81 bits per heavy atom. The summed E-state index contributed by atoms with van der Waals surface area (Å²) >= 11 is 0. The summed E-state index contributed by atoms with van der Waals surface area (Å²) in [5.74, 6) is -2.34. The molecule has 0 spiro atoms. The molecule has 5 heteroatoms. The summed E-state index contributed by atoms with van der Waals surface area (Å²) in [4.78, 5) is 21.5. The van der Waals surface area contributed by atoms with Crippen LogP contribution in [-0.4, -0.2) is 29.3 Å². The zero-order chi connectivity index (χ0) is 12.7. The molecule has 0 atom stereocenters. The molecule has 0 radical (unpaired) electrons. The van der Waals surface area contributed by atoms with Crippen molar-refractivity contribution in [3.63, 3.8) is 0 Å². The van der Waals surface area contributed by atoms with Crippen molar-refractivity contribution in [1.29, 1.82) is 0 Å². The zero-order valence-corrected chi connectivity index (χ0v) is 9.35. The molecule has 5 nitrogen and oxygen atoms in total. The van der Waals surface area contributed by atoms with E-state index in [2.05, 4.69) is 4.74 Å². The number of methoxy groups -OCH3 is 1. The van der Waals surface area contributed by atoms with Crippen molar-refractivity contribution in [3.05, 3.63) is 29.3 Å². The van der Waals surface area contributed by atoms with Crippen LogP contribution in [0.3, 0.4) is 0 Å². The molecule has 0 aliphatic carbocycles. The molecule has 88 valence electrons. The Hall–Kier alpha value is -2.04. The number of rotatable bonds is 2. The molecular formula is C11H14O5. The monoisotopic (exact) mass is 226 g/mol. The molecule has 0 heterocycles. The second kappa shape index (κ2) is 6.44. The number of phenols is 1. The Kier molecular flexibility index (Phi) is 5.62. The van der Waals surface area contributed by atoms with Gasteiger partial charge in [0, 0.05) is 0 Å². The third-order valence-electron chi connectivity index (χ3n) is 1.65. The Labute approximate surface area is 93.3 Å². The van der Waals surface area contributed by atoms with Gasteiger partial charge in [0.15, 0.2) is 0 Å². The highest BCUT2D eigenvalue weighted by Gasteiger charge is 2.12. The lowest BCUT2D eigenvalue weighted by molar-refractivity contribution is 0.0597. The summed E-state index contributed by atoms with van der Waals surface area (Å²) in [6.07, 6.45) is 0. The third kappa shape index (κ3) is 3.27. The molecule has 0 aliphatic heterocycles. The standard InChI is InChI=1S/C9H8O5.C2H6/c1-14-9(13)5-2-3-6(8(11)12)7(10)4-5;1-2/h2-4,10H,1H3,(H,11,12);1-2H3. The van der Waals surface area contributed by atoms with E-state index in [1.807, 2.05) is 13.8 Å². The predicted octanol–water partition coefficient (Wildman–Crippen LogP) is 1.90. The van der Waals surface area contributed by atoms with Gasteiger partial charge in [0.25, 0.3) is 0 Å². The average molecular weight is 226 g/mol. The maximum atomic E-state index is 11.0. The largest absolute Gasteiger partial charge is 0.507 e. The predicted molar refractivity (Wildman–Crippen MR) is 57.8 cm³/mol. The number of esters is 1. The van der Waals surface area contributed by atoms with Crippen LogP contribution in [0.15, 0.2) is 18.2 Å². The van der Waals surface area contributed by atoms with Crippen LogP contribution in [0.4, 0.5) is 0 Å². The molecule has 0 unspecified atom stereocenters. The topological polar surface area (TPSA) is 83.8 Å². The third-order valence-corrected chi connectivity index (χ3v) is 1.65. The van der Waals surface area contributed by atoms with Gasteiger partial charge in [-0.15, -0.1) is 0 Å². The van der Waals surface area contributed by atoms with Crippen molar-refractivity contribution in [2.24, 2.45) is 0 Å². The normalized spacial score (nSPS) is 8.69. The molecule has 1 rings (SSSR count). The van der Waals surface area contributed by atoms with Gasteiger partial charge in [-0.2, -0.15) is 0 Å². The number of hydrogen-bond donors (Lipinski definition) is 2. The average Bonchev–Trinajstić information content (AvgIpc) is 2.30. The first-order valence-electron chi connectivity index (χ1n) is 4.71. The van der Waals surface area contributed by atoms with Crippen LogP contribution in [-0.2, 0) is 4.74 Å². The van der Waals surface area contributed by atoms with Gasteiger partial charge in [-0.05, 0) is 18.2 Å². The van der Waals surface area contributed by atoms with Crippen LogP contribution < -0.4 is 0 Å². The molecule has 0 saturated carbocycles. The van der Waals surface area contributed by atoms with Crippen molar-refractivity contribution in [2.75, 3.05) is 7.11 Å². The molecule has 1 aromatic carbocycles. The number of ether oxygens (including phenoxy) is 1. The van der Waals surface area contributed by atoms with Gasteiger partial charge in [-0.3, -0.25) is 0 Å². The number of benzene rings is 1. The summed E-state index contributed by atoms with van der Waals surface area (Å²) in [7, 11) is 1.20. The van der Waals surface area contributed by atoms with E-state index in [4.69, 9.17) is 5.11 Å². The number of carboxylic acids is 1. The van der Waals surface area contributed by atoms with E-state index in [-0.39, 0.29) is 11.1 Å². The quantitative estimate of drug-likeness (QED) is 0.752. The van der Waals surface area contributed by atoms with Crippen molar-refractivity contribution in [1.82, 2.24) is 0 Å². The van der Waals surface area contributed by atoms with Crippen LogP contribution in [0, 0.1) is 0 Å². The summed E-state index contributed by atoms with van der Waals surface area (Å²) < 4.78 is 4.39. The Morgan fingerprint density at radius 3 is 2.19 bits per heavy atom. The lowest BCUT2D eigenvalue weighted by Gasteiger charge is -2.02. The summed E-state index contributed by atoms with van der Waals surface area (Å²) in [6, 6.07) is 3.47. The van der Waals surface area contributed by atoms with Crippen LogP contribution in [0.2, 0.25) is 0 Å². The number of aromatic carboxylic acids is 1. The van der Waals surface area contributed by atoms with Gasteiger partial charge in [0.2, 0.25) is 0 Å². The van der Waals surface area contributed by atoms with Gasteiger partial charge < -0.3 is 14.9 Å². The molecule has 1 aromatic rings. The van der Waals surface area contributed by atoms with Gasteiger partial charge in [0.1, 0.15) is 11.3 Å². The molecule has 0 saturated heterocycles. The second-order valence-electron chi connectivity index (χ2n) is 2.53. The minimum absolute atomic E-state index is 0.106. The van der Waals surface area contributed by atoms with Gasteiger partial charge >= 0.3 is 11.9 Å². The number of hydrogen-bond acceptors (Lipinski definition) is 4. The van der Waals surface area contributed by atoms with Crippen molar-refractivity contribution in [3.8, 4) is 5.75 Å². The Balaban J connectivity index is 0.00000106. The number of carboxylic acid groups (broad SMARTS) is 1. The van der Waals surface area contributed by atoms with E-state index >= 15 is 0 Å². The van der Waals surface area contributed by atoms with E-state index in [0.717, 1.165) is 12.1 Å². The van der Waals surface area contributed by atoms with E-state index in [1.54, 1.807) is 0 Å². The number of aromatic hydroxyl groups is 1. The fourth-order valence-electron chi connectivity index (χ4n) is 0.957. The van der Waals surface area contributed by atoms with E-state index in [9.17, 15) is 14.7 Å². The van der Waals surface area contributed by atoms with E-state index in [1.165, 1.54) is 13.2 Å². The molecule has 2 N–H and O–H groups in total.